The number of nitrogens with zero attached hydrogens (tertiary/aromatic N) is 1. The van der Waals surface area contributed by atoms with Gasteiger partial charge in [0.15, 0.2) is 0 Å². The van der Waals surface area contributed by atoms with Crippen molar-refractivity contribution in [3.63, 3.8) is 0 Å². The summed E-state index contributed by atoms with van der Waals surface area (Å²) in [6.07, 6.45) is 1.65. The van der Waals surface area contributed by atoms with E-state index in [-0.39, 0.29) is 11.0 Å². The average Bonchev–Trinajstić information content (AvgIpc) is 2.42. The number of nitrogens with two attached hydrogens (primary N) is 1. The monoisotopic (exact) mass is 310 g/mol. The van der Waals surface area contributed by atoms with E-state index < -0.39 is 10.0 Å². The van der Waals surface area contributed by atoms with Gasteiger partial charge in [0.2, 0.25) is 10.0 Å². The van der Waals surface area contributed by atoms with Crippen molar-refractivity contribution in [1.29, 1.82) is 0 Å². The minimum absolute atomic E-state index is 0.0103. The minimum Gasteiger partial charge on any atom is -0.490 e. The molecule has 2 N–H and O–H groups in total. The van der Waals surface area contributed by atoms with Crippen molar-refractivity contribution < 1.29 is 17.9 Å². The number of rotatable bonds is 6. The van der Waals surface area contributed by atoms with E-state index >= 15 is 0 Å². The Kier molecular flexibility index (Phi) is 4.76. The smallest absolute Gasteiger partial charge is 0.240 e. The predicted octanol–water partition coefficient (Wildman–Crippen LogP) is 1.69. The van der Waals surface area contributed by atoms with Crippen molar-refractivity contribution in [3.8, 4) is 5.75 Å². The maximum Gasteiger partial charge on any atom is 0.240 e. The van der Waals surface area contributed by atoms with Crippen LogP contribution in [0, 0.1) is 0 Å². The van der Waals surface area contributed by atoms with Crippen LogP contribution >= 0.6 is 0 Å². The van der Waals surface area contributed by atoms with Crippen LogP contribution in [-0.4, -0.2) is 32.7 Å². The SMILES string of the molecule is CC(C)OCCOc1ccc(S(N)(=O)=O)c2ncccc12. The molecule has 0 aliphatic rings. The number of hydrogen-bond acceptors (Lipinski definition) is 5. The summed E-state index contributed by atoms with van der Waals surface area (Å²) < 4.78 is 34.2. The van der Waals surface area contributed by atoms with Gasteiger partial charge in [-0.15, -0.1) is 0 Å². The minimum atomic E-state index is -3.83. The third-order valence-corrected chi connectivity index (χ3v) is 3.73. The van der Waals surface area contributed by atoms with Crippen LogP contribution in [0.4, 0.5) is 0 Å². The third-order valence-electron chi connectivity index (χ3n) is 2.79. The van der Waals surface area contributed by atoms with Crippen LogP contribution in [0.2, 0.25) is 0 Å². The Hall–Kier alpha value is -1.70. The molecule has 1 heterocycles. The lowest BCUT2D eigenvalue weighted by molar-refractivity contribution is 0.0556. The van der Waals surface area contributed by atoms with Crippen molar-refractivity contribution in [3.05, 3.63) is 30.5 Å². The van der Waals surface area contributed by atoms with Crippen LogP contribution in [0.25, 0.3) is 10.9 Å². The fourth-order valence-electron chi connectivity index (χ4n) is 1.91. The zero-order chi connectivity index (χ0) is 15.5. The number of hydrogen-bond donors (Lipinski definition) is 1. The van der Waals surface area contributed by atoms with Gasteiger partial charge in [-0.2, -0.15) is 0 Å². The molecule has 2 aromatic rings. The lowest BCUT2D eigenvalue weighted by atomic mass is 10.2. The summed E-state index contributed by atoms with van der Waals surface area (Å²) in [5.74, 6) is 0.554. The molecule has 1 aromatic heterocycles. The number of ether oxygens (including phenoxy) is 2. The first kappa shape index (κ1) is 15.7. The third kappa shape index (κ3) is 3.90. The van der Waals surface area contributed by atoms with Gasteiger partial charge in [-0.05, 0) is 38.1 Å². The first-order chi connectivity index (χ1) is 9.89. The van der Waals surface area contributed by atoms with Gasteiger partial charge in [-0.25, -0.2) is 13.6 Å². The van der Waals surface area contributed by atoms with Gasteiger partial charge in [0.05, 0.1) is 18.2 Å². The van der Waals surface area contributed by atoms with Gasteiger partial charge in [-0.3, -0.25) is 4.98 Å². The van der Waals surface area contributed by atoms with Gasteiger partial charge >= 0.3 is 0 Å². The molecule has 0 aliphatic heterocycles. The lowest BCUT2D eigenvalue weighted by Crippen LogP contribution is -2.14. The van der Waals surface area contributed by atoms with Crippen LogP contribution in [-0.2, 0) is 14.8 Å². The van der Waals surface area contributed by atoms with Crippen molar-refractivity contribution in [1.82, 2.24) is 4.98 Å². The first-order valence-electron chi connectivity index (χ1n) is 6.54. The number of primary sulfonamides is 1. The zero-order valence-corrected chi connectivity index (χ0v) is 12.8. The van der Waals surface area contributed by atoms with Gasteiger partial charge in [-0.1, -0.05) is 0 Å². The maximum absolute atomic E-state index is 11.6. The Bertz CT molecular complexity index is 729. The van der Waals surface area contributed by atoms with E-state index in [2.05, 4.69) is 4.98 Å². The molecular formula is C14H18N2O4S. The molecule has 0 bridgehead atoms. The molecule has 114 valence electrons. The number of fused-ring (bicyclic) bond motifs is 1. The van der Waals surface area contributed by atoms with E-state index in [0.29, 0.717) is 29.9 Å². The Morgan fingerprint density at radius 3 is 2.67 bits per heavy atom. The largest absolute Gasteiger partial charge is 0.490 e. The molecular weight excluding hydrogens is 292 g/mol. The summed E-state index contributed by atoms with van der Waals surface area (Å²) in [6, 6.07) is 6.45. The number of pyridine rings is 1. The fraction of sp³-hybridized carbons (Fsp3) is 0.357. The van der Waals surface area contributed by atoms with E-state index in [9.17, 15) is 8.42 Å². The Morgan fingerprint density at radius 1 is 1.24 bits per heavy atom. The van der Waals surface area contributed by atoms with Crippen LogP contribution in [0.3, 0.4) is 0 Å². The molecule has 1 aromatic carbocycles. The molecule has 7 heteroatoms. The van der Waals surface area contributed by atoms with Crippen molar-refractivity contribution in [2.45, 2.75) is 24.8 Å². The summed E-state index contributed by atoms with van der Waals surface area (Å²) in [5, 5.41) is 5.80. The molecule has 0 unspecified atom stereocenters. The summed E-state index contributed by atoms with van der Waals surface area (Å²) >= 11 is 0. The Morgan fingerprint density at radius 2 is 2.00 bits per heavy atom. The Balaban J connectivity index is 2.31. The fourth-order valence-corrected chi connectivity index (χ4v) is 2.60. The van der Waals surface area contributed by atoms with Gasteiger partial charge in [0, 0.05) is 11.6 Å². The van der Waals surface area contributed by atoms with E-state index in [4.69, 9.17) is 14.6 Å². The molecule has 0 saturated heterocycles. The van der Waals surface area contributed by atoms with Gasteiger partial charge < -0.3 is 9.47 Å². The normalized spacial score (nSPS) is 12.0. The summed E-state index contributed by atoms with van der Waals surface area (Å²) in [7, 11) is -3.83. The molecule has 21 heavy (non-hydrogen) atoms. The molecule has 2 rings (SSSR count). The quantitative estimate of drug-likeness (QED) is 0.820. The molecule has 0 radical (unpaired) electrons. The van der Waals surface area contributed by atoms with Gasteiger partial charge in [0.1, 0.15) is 17.3 Å². The lowest BCUT2D eigenvalue weighted by Gasteiger charge is -2.12. The zero-order valence-electron chi connectivity index (χ0n) is 11.9. The highest BCUT2D eigenvalue weighted by molar-refractivity contribution is 7.89. The molecule has 0 amide bonds. The summed E-state index contributed by atoms with van der Waals surface area (Å²) in [6.45, 7) is 4.72. The van der Waals surface area contributed by atoms with Crippen molar-refractivity contribution >= 4 is 20.9 Å². The van der Waals surface area contributed by atoms with E-state index in [1.54, 1.807) is 18.2 Å². The van der Waals surface area contributed by atoms with Crippen LogP contribution in [0.5, 0.6) is 5.75 Å². The molecule has 0 spiro atoms. The molecule has 0 aliphatic carbocycles. The second-order valence-electron chi connectivity index (χ2n) is 4.77. The standard InChI is InChI=1S/C14H18N2O4S/c1-10(2)19-8-9-20-12-5-6-13(21(15,17)18)14-11(12)4-3-7-16-14/h3-7,10H,8-9H2,1-2H3,(H2,15,17,18). The topological polar surface area (TPSA) is 91.5 Å². The van der Waals surface area contributed by atoms with Crippen LogP contribution in [0.1, 0.15) is 13.8 Å². The second kappa shape index (κ2) is 6.38. The van der Waals surface area contributed by atoms with Crippen molar-refractivity contribution in [2.24, 2.45) is 5.14 Å². The van der Waals surface area contributed by atoms with E-state index in [1.807, 2.05) is 13.8 Å². The van der Waals surface area contributed by atoms with Crippen LogP contribution < -0.4 is 9.88 Å². The molecule has 0 fully saturated rings. The maximum atomic E-state index is 11.6. The van der Waals surface area contributed by atoms with Crippen LogP contribution in [0.15, 0.2) is 35.4 Å². The highest BCUT2D eigenvalue weighted by Crippen LogP contribution is 2.28. The highest BCUT2D eigenvalue weighted by Gasteiger charge is 2.16. The summed E-state index contributed by atoms with van der Waals surface area (Å²) in [4.78, 5) is 4.08. The molecule has 0 atom stereocenters. The number of aromatic nitrogens is 1. The number of sulfonamides is 1. The molecule has 6 nitrogen and oxygen atoms in total. The van der Waals surface area contributed by atoms with Crippen molar-refractivity contribution in [2.75, 3.05) is 13.2 Å². The first-order valence-corrected chi connectivity index (χ1v) is 8.09. The van der Waals surface area contributed by atoms with E-state index in [0.717, 1.165) is 0 Å². The Labute approximate surface area is 123 Å². The summed E-state index contributed by atoms with van der Waals surface area (Å²) in [5.41, 5.74) is 0.308. The second-order valence-corrected chi connectivity index (χ2v) is 6.30. The highest BCUT2D eigenvalue weighted by atomic mass is 32.2. The van der Waals surface area contributed by atoms with E-state index in [1.165, 1.54) is 12.3 Å². The number of benzene rings is 1. The average molecular weight is 310 g/mol. The molecule has 0 saturated carbocycles. The predicted molar refractivity (Wildman–Crippen MR) is 79.7 cm³/mol. The van der Waals surface area contributed by atoms with Gasteiger partial charge in [0.25, 0.3) is 0 Å².